The normalized spacial score (nSPS) is 22.6. The van der Waals surface area contributed by atoms with Gasteiger partial charge in [-0.15, -0.1) is 11.3 Å². The zero-order chi connectivity index (χ0) is 22.1. The van der Waals surface area contributed by atoms with Crippen LogP contribution < -0.4 is 10.6 Å². The Kier molecular flexibility index (Phi) is 5.63. The summed E-state index contributed by atoms with van der Waals surface area (Å²) in [6.45, 7) is 1.12. The number of aromatic nitrogens is 1. The summed E-state index contributed by atoms with van der Waals surface area (Å²) in [4.78, 5) is 32.1. The van der Waals surface area contributed by atoms with E-state index in [1.54, 1.807) is 40.5 Å². The van der Waals surface area contributed by atoms with Crippen molar-refractivity contribution < 1.29 is 14.7 Å². The van der Waals surface area contributed by atoms with Gasteiger partial charge in [0.2, 0.25) is 11.8 Å². The Bertz CT molecular complexity index is 1120. The lowest BCUT2D eigenvalue weighted by molar-refractivity contribution is -0.147. The first-order chi connectivity index (χ1) is 15.6. The number of amides is 2. The summed E-state index contributed by atoms with van der Waals surface area (Å²) in [5.74, 6) is 0.0308. The van der Waals surface area contributed by atoms with Crippen LogP contribution in [0.1, 0.15) is 17.0 Å². The highest BCUT2D eigenvalue weighted by atomic mass is 32.1. The molecule has 0 radical (unpaired) electrons. The fraction of sp³-hybridized carbons (Fsp3) is 0.292. The topological polar surface area (TPSA) is 94.6 Å². The van der Waals surface area contributed by atoms with E-state index in [9.17, 15) is 14.7 Å². The molecule has 0 spiro atoms. The summed E-state index contributed by atoms with van der Waals surface area (Å²) < 4.78 is 0. The van der Waals surface area contributed by atoms with E-state index in [1.807, 2.05) is 30.3 Å². The number of carbonyl (C=O) groups excluding carboxylic acids is 2. The lowest BCUT2D eigenvalue weighted by Crippen LogP contribution is -2.61. The van der Waals surface area contributed by atoms with Crippen molar-refractivity contribution >= 4 is 23.2 Å². The second-order valence-corrected chi connectivity index (χ2v) is 9.19. The van der Waals surface area contributed by atoms with E-state index < -0.39 is 12.1 Å². The number of phenolic OH excluding ortho intramolecular Hbond substituents is 1. The lowest BCUT2D eigenvalue weighted by Gasteiger charge is -2.34. The van der Waals surface area contributed by atoms with Gasteiger partial charge in [-0.1, -0.05) is 42.5 Å². The summed E-state index contributed by atoms with van der Waals surface area (Å²) >= 11 is 1.61. The summed E-state index contributed by atoms with van der Waals surface area (Å²) in [5.41, 5.74) is 2.95. The van der Waals surface area contributed by atoms with Crippen LogP contribution in [0.3, 0.4) is 0 Å². The Morgan fingerprint density at radius 2 is 1.91 bits per heavy atom. The number of hydrogen-bond acceptors (Lipinski definition) is 6. The van der Waals surface area contributed by atoms with Crippen LogP contribution in [-0.2, 0) is 22.6 Å². The molecule has 8 heteroatoms. The van der Waals surface area contributed by atoms with Gasteiger partial charge in [-0.2, -0.15) is 0 Å². The van der Waals surface area contributed by atoms with Crippen molar-refractivity contribution in [2.75, 3.05) is 6.54 Å². The van der Waals surface area contributed by atoms with E-state index in [-0.39, 0.29) is 23.6 Å². The van der Waals surface area contributed by atoms with Gasteiger partial charge in [0.15, 0.2) is 0 Å². The SMILES string of the molecule is O=C1N[C@@H](Cc2ccc(O)cc2)C(=O)N2C[C@@H](NCc3nc(-c4ccccc4)cs3)C[C@@H]12. The molecule has 2 aliphatic heterocycles. The van der Waals surface area contributed by atoms with E-state index in [1.165, 1.54) is 0 Å². The quantitative estimate of drug-likeness (QED) is 0.538. The monoisotopic (exact) mass is 448 g/mol. The average Bonchev–Trinajstić information content (AvgIpc) is 3.46. The highest BCUT2D eigenvalue weighted by Crippen LogP contribution is 2.26. The van der Waals surface area contributed by atoms with E-state index in [0.717, 1.165) is 21.8 Å². The molecule has 7 nitrogen and oxygen atoms in total. The van der Waals surface area contributed by atoms with E-state index in [4.69, 9.17) is 4.98 Å². The Hall–Kier alpha value is -3.23. The number of carbonyl (C=O) groups is 2. The fourth-order valence-corrected chi connectivity index (χ4v) is 5.13. The Balaban J connectivity index is 1.19. The molecule has 0 bridgehead atoms. The second kappa shape index (κ2) is 8.72. The van der Waals surface area contributed by atoms with Gasteiger partial charge in [-0.3, -0.25) is 9.59 Å². The first kappa shape index (κ1) is 20.7. The molecule has 0 unspecified atom stereocenters. The van der Waals surface area contributed by atoms with Gasteiger partial charge in [0.25, 0.3) is 0 Å². The van der Waals surface area contributed by atoms with Crippen LogP contribution in [0.15, 0.2) is 60.0 Å². The molecule has 2 amide bonds. The lowest BCUT2D eigenvalue weighted by atomic mass is 10.0. The van der Waals surface area contributed by atoms with Gasteiger partial charge >= 0.3 is 0 Å². The number of hydrogen-bond donors (Lipinski definition) is 3. The number of benzene rings is 2. The average molecular weight is 449 g/mol. The van der Waals surface area contributed by atoms with Gasteiger partial charge in [-0.05, 0) is 24.1 Å². The zero-order valence-corrected chi connectivity index (χ0v) is 18.2. The summed E-state index contributed by atoms with van der Waals surface area (Å²) in [6.07, 6.45) is 1.01. The van der Waals surface area contributed by atoms with Crippen LogP contribution in [0.5, 0.6) is 5.75 Å². The van der Waals surface area contributed by atoms with Crippen LogP contribution in [0.2, 0.25) is 0 Å². The maximum Gasteiger partial charge on any atom is 0.246 e. The highest BCUT2D eigenvalue weighted by molar-refractivity contribution is 7.09. The van der Waals surface area contributed by atoms with Crippen LogP contribution in [0.25, 0.3) is 11.3 Å². The first-order valence-corrected chi connectivity index (χ1v) is 11.6. The van der Waals surface area contributed by atoms with E-state index in [0.29, 0.717) is 25.9 Å². The van der Waals surface area contributed by atoms with Crippen molar-refractivity contribution in [2.24, 2.45) is 0 Å². The summed E-state index contributed by atoms with van der Waals surface area (Å²) in [7, 11) is 0. The largest absolute Gasteiger partial charge is 0.508 e. The van der Waals surface area contributed by atoms with Crippen molar-refractivity contribution in [3.05, 3.63) is 70.5 Å². The fourth-order valence-electron chi connectivity index (χ4n) is 4.38. The maximum atomic E-state index is 13.0. The van der Waals surface area contributed by atoms with Crippen molar-refractivity contribution in [3.8, 4) is 17.0 Å². The van der Waals surface area contributed by atoms with Crippen molar-refractivity contribution in [2.45, 2.75) is 37.5 Å². The molecule has 3 aromatic rings. The molecule has 3 N–H and O–H groups in total. The van der Waals surface area contributed by atoms with Gasteiger partial charge in [0.1, 0.15) is 22.8 Å². The number of thiazole rings is 1. The standard InChI is InChI=1S/C24H24N4O3S/c29-18-8-6-15(7-9-18)10-19-24(31)28-13-17(11-21(28)23(30)27-19)25-12-22-26-20(14-32-22)16-4-2-1-3-5-16/h1-9,14,17,19,21,25,29H,10-13H2,(H,27,30)/t17-,19-,21-/m0/s1. The Morgan fingerprint density at radius 1 is 1.12 bits per heavy atom. The highest BCUT2D eigenvalue weighted by Gasteiger charge is 2.46. The molecule has 2 saturated heterocycles. The summed E-state index contributed by atoms with van der Waals surface area (Å²) in [6, 6.07) is 15.8. The van der Waals surface area contributed by atoms with Crippen LogP contribution >= 0.6 is 11.3 Å². The van der Waals surface area contributed by atoms with E-state index in [2.05, 4.69) is 16.0 Å². The van der Waals surface area contributed by atoms with Crippen LogP contribution in [0, 0.1) is 0 Å². The number of nitrogens with zero attached hydrogens (tertiary/aromatic N) is 2. The molecular weight excluding hydrogens is 424 g/mol. The molecule has 3 atom stereocenters. The number of nitrogens with one attached hydrogen (secondary N) is 2. The zero-order valence-electron chi connectivity index (χ0n) is 17.4. The van der Waals surface area contributed by atoms with Gasteiger partial charge < -0.3 is 20.6 Å². The van der Waals surface area contributed by atoms with Gasteiger partial charge in [0, 0.05) is 36.5 Å². The molecule has 0 aliphatic carbocycles. The molecule has 32 heavy (non-hydrogen) atoms. The second-order valence-electron chi connectivity index (χ2n) is 8.24. The molecule has 2 aromatic carbocycles. The minimum atomic E-state index is -0.575. The predicted molar refractivity (Wildman–Crippen MR) is 122 cm³/mol. The number of piperazine rings is 1. The predicted octanol–water partition coefficient (Wildman–Crippen LogP) is 2.32. The summed E-state index contributed by atoms with van der Waals surface area (Å²) in [5, 5.41) is 18.8. The first-order valence-electron chi connectivity index (χ1n) is 10.7. The number of fused-ring (bicyclic) bond motifs is 1. The maximum absolute atomic E-state index is 13.0. The van der Waals surface area contributed by atoms with Gasteiger partial charge in [-0.25, -0.2) is 4.98 Å². The van der Waals surface area contributed by atoms with E-state index >= 15 is 0 Å². The number of phenols is 1. The molecule has 2 fully saturated rings. The van der Waals surface area contributed by atoms with Crippen molar-refractivity contribution in [1.29, 1.82) is 0 Å². The molecule has 3 heterocycles. The number of rotatable bonds is 6. The Labute approximate surface area is 190 Å². The third-order valence-corrected chi connectivity index (χ3v) is 6.89. The molecule has 5 rings (SSSR count). The molecule has 1 aromatic heterocycles. The minimum absolute atomic E-state index is 0.0474. The molecular formula is C24H24N4O3S. The molecule has 2 aliphatic rings. The van der Waals surface area contributed by atoms with Crippen molar-refractivity contribution in [3.63, 3.8) is 0 Å². The number of aromatic hydroxyl groups is 1. The van der Waals surface area contributed by atoms with Crippen molar-refractivity contribution in [1.82, 2.24) is 20.5 Å². The third-order valence-electron chi connectivity index (χ3n) is 6.04. The molecule has 164 valence electrons. The molecule has 0 saturated carbocycles. The van der Waals surface area contributed by atoms with Crippen LogP contribution in [-0.4, -0.2) is 51.5 Å². The third kappa shape index (κ3) is 4.24. The smallest absolute Gasteiger partial charge is 0.246 e. The minimum Gasteiger partial charge on any atom is -0.508 e. The van der Waals surface area contributed by atoms with Gasteiger partial charge in [0.05, 0.1) is 5.69 Å². The Morgan fingerprint density at radius 3 is 2.69 bits per heavy atom. The van der Waals surface area contributed by atoms with Crippen LogP contribution in [0.4, 0.5) is 0 Å².